The molecule has 0 saturated carbocycles. The van der Waals surface area contributed by atoms with Gasteiger partial charge in [0.05, 0.1) is 6.04 Å². The van der Waals surface area contributed by atoms with E-state index in [4.69, 9.17) is 0 Å². The van der Waals surface area contributed by atoms with Gasteiger partial charge in [-0.05, 0) is 6.92 Å². The van der Waals surface area contributed by atoms with Crippen LogP contribution in [-0.4, -0.2) is 41.0 Å². The Morgan fingerprint density at radius 1 is 1.62 bits per heavy atom. The van der Waals surface area contributed by atoms with E-state index in [1.54, 1.807) is 25.2 Å². The van der Waals surface area contributed by atoms with Crippen molar-refractivity contribution in [3.8, 4) is 0 Å². The zero-order chi connectivity index (χ0) is 12.1. The van der Waals surface area contributed by atoms with Crippen LogP contribution in [0.15, 0.2) is 12.4 Å². The van der Waals surface area contributed by atoms with E-state index in [1.165, 1.54) is 0 Å². The second-order valence-corrected chi connectivity index (χ2v) is 4.11. The maximum atomic E-state index is 11.3. The standard InChI is InChI=1S/C11H20N4O/c1-9(11-13-7-8-15(11)4)12-6-5-10(16)14(2)3/h7-9,12H,5-6H2,1-4H3. The second-order valence-electron chi connectivity index (χ2n) is 4.11. The molecule has 0 aliphatic carbocycles. The quantitative estimate of drug-likeness (QED) is 0.794. The van der Waals surface area contributed by atoms with Crippen LogP contribution in [0.25, 0.3) is 0 Å². The van der Waals surface area contributed by atoms with Gasteiger partial charge < -0.3 is 14.8 Å². The van der Waals surface area contributed by atoms with E-state index in [-0.39, 0.29) is 11.9 Å². The summed E-state index contributed by atoms with van der Waals surface area (Å²) >= 11 is 0. The molecule has 1 aromatic heterocycles. The number of imidazole rings is 1. The van der Waals surface area contributed by atoms with Crippen LogP contribution in [0.1, 0.15) is 25.2 Å². The minimum absolute atomic E-state index is 0.138. The molecule has 16 heavy (non-hydrogen) atoms. The summed E-state index contributed by atoms with van der Waals surface area (Å²) in [5, 5.41) is 3.28. The first kappa shape index (κ1) is 12.7. The van der Waals surface area contributed by atoms with Crippen LogP contribution in [0.4, 0.5) is 0 Å². The van der Waals surface area contributed by atoms with Crippen molar-refractivity contribution >= 4 is 5.91 Å². The molecule has 0 aliphatic heterocycles. The summed E-state index contributed by atoms with van der Waals surface area (Å²) < 4.78 is 1.98. The van der Waals surface area contributed by atoms with Gasteiger partial charge in [0.1, 0.15) is 5.82 Å². The van der Waals surface area contributed by atoms with Crippen LogP contribution in [-0.2, 0) is 11.8 Å². The molecule has 0 aromatic carbocycles. The number of hydrogen-bond acceptors (Lipinski definition) is 3. The fourth-order valence-corrected chi connectivity index (χ4v) is 1.50. The lowest BCUT2D eigenvalue weighted by atomic mass is 10.3. The van der Waals surface area contributed by atoms with E-state index in [1.807, 2.05) is 24.7 Å². The number of carbonyl (C=O) groups is 1. The lowest BCUT2D eigenvalue weighted by molar-refractivity contribution is -0.128. The molecule has 1 rings (SSSR count). The Labute approximate surface area is 96.5 Å². The highest BCUT2D eigenvalue weighted by molar-refractivity contribution is 5.75. The van der Waals surface area contributed by atoms with Gasteiger partial charge in [-0.15, -0.1) is 0 Å². The highest BCUT2D eigenvalue weighted by atomic mass is 16.2. The van der Waals surface area contributed by atoms with Crippen molar-refractivity contribution in [2.45, 2.75) is 19.4 Å². The van der Waals surface area contributed by atoms with E-state index >= 15 is 0 Å². The van der Waals surface area contributed by atoms with E-state index in [0.717, 1.165) is 5.82 Å². The van der Waals surface area contributed by atoms with E-state index in [9.17, 15) is 4.79 Å². The number of nitrogens with one attached hydrogen (secondary N) is 1. The average Bonchev–Trinajstić information content (AvgIpc) is 2.64. The zero-order valence-electron chi connectivity index (χ0n) is 10.4. The van der Waals surface area contributed by atoms with Crippen LogP contribution in [0.2, 0.25) is 0 Å². The third-order valence-corrected chi connectivity index (χ3v) is 2.53. The summed E-state index contributed by atoms with van der Waals surface area (Å²) in [6, 6.07) is 0.162. The number of carbonyl (C=O) groups excluding carboxylic acids is 1. The molecule has 5 nitrogen and oxygen atoms in total. The topological polar surface area (TPSA) is 50.2 Å². The molecule has 1 amide bonds. The molecular formula is C11H20N4O. The van der Waals surface area contributed by atoms with Crippen LogP contribution < -0.4 is 5.32 Å². The van der Waals surface area contributed by atoms with Crippen molar-refractivity contribution in [1.29, 1.82) is 0 Å². The predicted octanol–water partition coefficient (Wildman–Crippen LogP) is 0.549. The smallest absolute Gasteiger partial charge is 0.223 e. The first-order valence-corrected chi connectivity index (χ1v) is 5.43. The third-order valence-electron chi connectivity index (χ3n) is 2.53. The van der Waals surface area contributed by atoms with Crippen molar-refractivity contribution in [3.05, 3.63) is 18.2 Å². The molecule has 1 heterocycles. The van der Waals surface area contributed by atoms with Crippen molar-refractivity contribution in [1.82, 2.24) is 19.8 Å². The van der Waals surface area contributed by atoms with Gasteiger partial charge in [-0.3, -0.25) is 4.79 Å². The third kappa shape index (κ3) is 3.34. The molecule has 0 saturated heterocycles. The van der Waals surface area contributed by atoms with E-state index < -0.39 is 0 Å². The number of hydrogen-bond donors (Lipinski definition) is 1. The first-order chi connectivity index (χ1) is 7.52. The number of aryl methyl sites for hydroxylation is 1. The lowest BCUT2D eigenvalue weighted by Crippen LogP contribution is -2.28. The monoisotopic (exact) mass is 224 g/mol. The van der Waals surface area contributed by atoms with Gasteiger partial charge in [-0.1, -0.05) is 0 Å². The molecule has 1 N–H and O–H groups in total. The number of aromatic nitrogens is 2. The highest BCUT2D eigenvalue weighted by Gasteiger charge is 2.10. The van der Waals surface area contributed by atoms with Crippen molar-refractivity contribution in [2.24, 2.45) is 7.05 Å². The number of nitrogens with zero attached hydrogens (tertiary/aromatic N) is 3. The fraction of sp³-hybridized carbons (Fsp3) is 0.636. The SMILES string of the molecule is CC(NCCC(=O)N(C)C)c1nccn1C. The molecule has 0 spiro atoms. The second kappa shape index (κ2) is 5.65. The molecule has 1 atom stereocenters. The van der Waals surface area contributed by atoms with Gasteiger partial charge >= 0.3 is 0 Å². The molecule has 0 aliphatic rings. The van der Waals surface area contributed by atoms with Gasteiger partial charge in [0.2, 0.25) is 5.91 Å². The molecular weight excluding hydrogens is 204 g/mol. The molecule has 1 unspecified atom stereocenters. The lowest BCUT2D eigenvalue weighted by Gasteiger charge is -2.15. The van der Waals surface area contributed by atoms with Gasteiger partial charge in [-0.25, -0.2) is 4.98 Å². The van der Waals surface area contributed by atoms with E-state index in [0.29, 0.717) is 13.0 Å². The summed E-state index contributed by atoms with van der Waals surface area (Å²) in [5.74, 6) is 1.12. The van der Waals surface area contributed by atoms with Gasteiger partial charge in [0.15, 0.2) is 0 Å². The van der Waals surface area contributed by atoms with Gasteiger partial charge in [-0.2, -0.15) is 0 Å². The van der Waals surface area contributed by atoms with Gasteiger partial charge in [0.25, 0.3) is 0 Å². The predicted molar refractivity (Wildman–Crippen MR) is 62.9 cm³/mol. The Balaban J connectivity index is 2.34. The van der Waals surface area contributed by atoms with Crippen LogP contribution in [0, 0.1) is 0 Å². The van der Waals surface area contributed by atoms with Crippen LogP contribution in [0.5, 0.6) is 0 Å². The molecule has 1 aromatic rings. The zero-order valence-corrected chi connectivity index (χ0v) is 10.4. The summed E-state index contributed by atoms with van der Waals surface area (Å²) in [6.07, 6.45) is 4.21. The van der Waals surface area contributed by atoms with Crippen LogP contribution >= 0.6 is 0 Å². The van der Waals surface area contributed by atoms with E-state index in [2.05, 4.69) is 10.3 Å². The van der Waals surface area contributed by atoms with Gasteiger partial charge in [0, 0.05) is 46.5 Å². The normalized spacial score (nSPS) is 12.5. The maximum Gasteiger partial charge on any atom is 0.223 e. The Bertz CT molecular complexity index is 346. The fourth-order valence-electron chi connectivity index (χ4n) is 1.50. The van der Waals surface area contributed by atoms with Crippen LogP contribution in [0.3, 0.4) is 0 Å². The maximum absolute atomic E-state index is 11.3. The Morgan fingerprint density at radius 2 is 2.31 bits per heavy atom. The Morgan fingerprint density at radius 3 is 2.81 bits per heavy atom. The summed E-state index contributed by atoms with van der Waals surface area (Å²) in [6.45, 7) is 2.72. The number of amides is 1. The minimum Gasteiger partial charge on any atom is -0.349 e. The largest absolute Gasteiger partial charge is 0.349 e. The summed E-state index contributed by atoms with van der Waals surface area (Å²) in [7, 11) is 5.50. The molecule has 5 heteroatoms. The van der Waals surface area contributed by atoms with Crippen molar-refractivity contribution < 1.29 is 4.79 Å². The minimum atomic E-state index is 0.138. The molecule has 0 bridgehead atoms. The number of rotatable bonds is 5. The Hall–Kier alpha value is -1.36. The molecule has 90 valence electrons. The van der Waals surface area contributed by atoms with Crippen molar-refractivity contribution in [2.75, 3.05) is 20.6 Å². The van der Waals surface area contributed by atoms with Crippen molar-refractivity contribution in [3.63, 3.8) is 0 Å². The average molecular weight is 224 g/mol. The highest BCUT2D eigenvalue weighted by Crippen LogP contribution is 2.07. The first-order valence-electron chi connectivity index (χ1n) is 5.43. The Kier molecular flexibility index (Phi) is 4.49. The molecule has 0 radical (unpaired) electrons. The summed E-state index contributed by atoms with van der Waals surface area (Å²) in [5.41, 5.74) is 0. The molecule has 0 fully saturated rings. The summed E-state index contributed by atoms with van der Waals surface area (Å²) in [4.78, 5) is 17.2.